The lowest BCUT2D eigenvalue weighted by molar-refractivity contribution is 0.381. The number of benzene rings is 1. The molecule has 0 bridgehead atoms. The summed E-state index contributed by atoms with van der Waals surface area (Å²) >= 11 is 0. The van der Waals surface area contributed by atoms with Crippen LogP contribution in [-0.4, -0.2) is 5.16 Å². The molecule has 0 fully saturated rings. The van der Waals surface area contributed by atoms with Crippen molar-refractivity contribution in [3.05, 3.63) is 42.7 Å². The summed E-state index contributed by atoms with van der Waals surface area (Å²) < 4.78 is 4.61. The fourth-order valence-corrected chi connectivity index (χ4v) is 0.865. The summed E-state index contributed by atoms with van der Waals surface area (Å²) in [4.78, 5) is 5.18. The van der Waals surface area contributed by atoms with Crippen LogP contribution in [0.15, 0.2) is 47.2 Å². The number of hydrogen-bond acceptors (Lipinski definition) is 4. The highest BCUT2D eigenvalue weighted by molar-refractivity contribution is 5.30. The average Bonchev–Trinajstić information content (AvgIpc) is 2.69. The van der Waals surface area contributed by atoms with E-state index in [1.165, 1.54) is 6.26 Å². The third kappa shape index (κ3) is 1.99. The van der Waals surface area contributed by atoms with Crippen LogP contribution in [0.5, 0.6) is 5.75 Å². The van der Waals surface area contributed by atoms with E-state index in [0.29, 0.717) is 5.82 Å². The maximum Gasteiger partial charge on any atom is 0.202 e. The van der Waals surface area contributed by atoms with E-state index in [2.05, 4.69) is 15.2 Å². The SMILES string of the molecule is c1ccc(ONc2ccon2)cc1. The Kier molecular flexibility index (Phi) is 2.14. The second kappa shape index (κ2) is 3.62. The monoisotopic (exact) mass is 176 g/mol. The molecule has 0 unspecified atom stereocenters. The Hall–Kier alpha value is -1.97. The van der Waals surface area contributed by atoms with E-state index in [1.54, 1.807) is 6.07 Å². The molecule has 4 nitrogen and oxygen atoms in total. The predicted octanol–water partition coefficient (Wildman–Crippen LogP) is 2.08. The summed E-state index contributed by atoms with van der Waals surface area (Å²) in [5.74, 6) is 1.27. The fourth-order valence-electron chi connectivity index (χ4n) is 0.865. The third-order valence-electron chi connectivity index (χ3n) is 1.45. The predicted molar refractivity (Wildman–Crippen MR) is 47.2 cm³/mol. The van der Waals surface area contributed by atoms with Crippen molar-refractivity contribution >= 4 is 5.82 Å². The van der Waals surface area contributed by atoms with Gasteiger partial charge in [0.25, 0.3) is 0 Å². The van der Waals surface area contributed by atoms with Gasteiger partial charge in [-0.2, -0.15) is 0 Å². The summed E-state index contributed by atoms with van der Waals surface area (Å²) in [6.45, 7) is 0. The Morgan fingerprint density at radius 3 is 2.69 bits per heavy atom. The van der Waals surface area contributed by atoms with Crippen LogP contribution in [0.2, 0.25) is 0 Å². The van der Waals surface area contributed by atoms with Gasteiger partial charge < -0.3 is 9.36 Å². The lowest BCUT2D eigenvalue weighted by Crippen LogP contribution is -2.04. The summed E-state index contributed by atoms with van der Waals surface area (Å²) in [7, 11) is 0. The topological polar surface area (TPSA) is 47.3 Å². The Morgan fingerprint density at radius 1 is 1.15 bits per heavy atom. The van der Waals surface area contributed by atoms with E-state index in [4.69, 9.17) is 4.84 Å². The number of nitrogens with one attached hydrogen (secondary N) is 1. The lowest BCUT2D eigenvalue weighted by atomic mass is 10.3. The van der Waals surface area contributed by atoms with E-state index in [1.807, 2.05) is 30.3 Å². The zero-order valence-electron chi connectivity index (χ0n) is 6.81. The van der Waals surface area contributed by atoms with E-state index in [9.17, 15) is 0 Å². The second-order valence-corrected chi connectivity index (χ2v) is 2.40. The number of aromatic nitrogens is 1. The molecule has 0 saturated heterocycles. The lowest BCUT2D eigenvalue weighted by Gasteiger charge is -2.03. The Balaban J connectivity index is 1.94. The molecule has 2 aromatic rings. The third-order valence-corrected chi connectivity index (χ3v) is 1.45. The molecule has 1 aromatic carbocycles. The van der Waals surface area contributed by atoms with Crippen molar-refractivity contribution in [3.63, 3.8) is 0 Å². The quantitative estimate of drug-likeness (QED) is 0.727. The van der Waals surface area contributed by atoms with Crippen LogP contribution >= 0.6 is 0 Å². The van der Waals surface area contributed by atoms with Gasteiger partial charge in [0.15, 0.2) is 5.75 Å². The van der Waals surface area contributed by atoms with Crippen LogP contribution in [0.25, 0.3) is 0 Å². The van der Waals surface area contributed by atoms with Crippen LogP contribution in [0.4, 0.5) is 5.82 Å². The van der Waals surface area contributed by atoms with Crippen LogP contribution in [-0.2, 0) is 0 Å². The smallest absolute Gasteiger partial charge is 0.202 e. The zero-order chi connectivity index (χ0) is 8.93. The maximum absolute atomic E-state index is 5.18. The molecule has 0 aliphatic carbocycles. The van der Waals surface area contributed by atoms with Gasteiger partial charge in [0, 0.05) is 6.07 Å². The molecular formula is C9H8N2O2. The first kappa shape index (κ1) is 7.67. The number of nitrogens with zero attached hydrogens (tertiary/aromatic N) is 1. The minimum absolute atomic E-state index is 0.545. The van der Waals surface area contributed by atoms with Crippen LogP contribution in [0, 0.1) is 0 Å². The summed E-state index contributed by atoms with van der Waals surface area (Å²) in [6.07, 6.45) is 1.47. The molecule has 0 radical (unpaired) electrons. The molecule has 0 aliphatic heterocycles. The van der Waals surface area contributed by atoms with Crippen LogP contribution in [0.3, 0.4) is 0 Å². The van der Waals surface area contributed by atoms with Crippen molar-refractivity contribution in [2.24, 2.45) is 0 Å². The number of para-hydroxylation sites is 1. The molecule has 13 heavy (non-hydrogen) atoms. The molecule has 0 saturated carbocycles. The molecule has 0 spiro atoms. The molecule has 66 valence electrons. The van der Waals surface area contributed by atoms with Gasteiger partial charge in [-0.3, -0.25) is 0 Å². The summed E-state index contributed by atoms with van der Waals surface area (Å²) in [5, 5.41) is 3.62. The molecule has 1 aromatic heterocycles. The minimum atomic E-state index is 0.545. The van der Waals surface area contributed by atoms with Gasteiger partial charge in [-0.25, -0.2) is 5.48 Å². The van der Waals surface area contributed by atoms with Crippen LogP contribution < -0.4 is 10.3 Å². The van der Waals surface area contributed by atoms with Gasteiger partial charge in [0.05, 0.1) is 0 Å². The molecule has 0 amide bonds. The Bertz CT molecular complexity index is 345. The fraction of sp³-hybridized carbons (Fsp3) is 0. The zero-order valence-corrected chi connectivity index (χ0v) is 6.81. The molecular weight excluding hydrogens is 168 g/mol. The number of rotatable bonds is 3. The molecule has 0 atom stereocenters. The highest BCUT2D eigenvalue weighted by atomic mass is 16.6. The largest absolute Gasteiger partial charge is 0.381 e. The van der Waals surface area contributed by atoms with Gasteiger partial charge in [0.1, 0.15) is 6.26 Å². The molecule has 1 heterocycles. The average molecular weight is 176 g/mol. The van der Waals surface area contributed by atoms with E-state index >= 15 is 0 Å². The van der Waals surface area contributed by atoms with Gasteiger partial charge in [-0.15, -0.1) is 0 Å². The molecule has 0 aliphatic rings. The van der Waals surface area contributed by atoms with Gasteiger partial charge in [-0.05, 0) is 12.1 Å². The first-order chi connectivity index (χ1) is 6.45. The molecule has 2 rings (SSSR count). The summed E-state index contributed by atoms with van der Waals surface area (Å²) in [5.41, 5.74) is 2.64. The van der Waals surface area contributed by atoms with Crippen molar-refractivity contribution in [1.29, 1.82) is 0 Å². The Morgan fingerprint density at radius 2 is 2.00 bits per heavy atom. The number of anilines is 1. The standard InChI is InChI=1S/C9H8N2O2/c1-2-4-8(5-3-1)13-11-9-6-7-12-10-9/h1-7H,(H,10,11). The van der Waals surface area contributed by atoms with Crippen LogP contribution in [0.1, 0.15) is 0 Å². The van der Waals surface area contributed by atoms with Gasteiger partial charge in [-0.1, -0.05) is 23.4 Å². The van der Waals surface area contributed by atoms with Crippen molar-refractivity contribution in [2.75, 3.05) is 5.48 Å². The van der Waals surface area contributed by atoms with Crippen molar-refractivity contribution in [2.45, 2.75) is 0 Å². The van der Waals surface area contributed by atoms with Gasteiger partial charge >= 0.3 is 0 Å². The van der Waals surface area contributed by atoms with Crippen molar-refractivity contribution < 1.29 is 9.36 Å². The van der Waals surface area contributed by atoms with E-state index < -0.39 is 0 Å². The highest BCUT2D eigenvalue weighted by Crippen LogP contribution is 2.09. The van der Waals surface area contributed by atoms with E-state index in [-0.39, 0.29) is 0 Å². The Labute approximate surface area is 75.1 Å². The van der Waals surface area contributed by atoms with Crippen molar-refractivity contribution in [1.82, 2.24) is 5.16 Å². The summed E-state index contributed by atoms with van der Waals surface area (Å²) in [6, 6.07) is 11.0. The molecule has 4 heteroatoms. The number of hydrogen-bond donors (Lipinski definition) is 1. The highest BCUT2D eigenvalue weighted by Gasteiger charge is 1.94. The van der Waals surface area contributed by atoms with E-state index in [0.717, 1.165) is 5.75 Å². The minimum Gasteiger partial charge on any atom is -0.381 e. The van der Waals surface area contributed by atoms with Crippen molar-refractivity contribution in [3.8, 4) is 5.75 Å². The molecule has 1 N–H and O–H groups in total. The first-order valence-corrected chi connectivity index (χ1v) is 3.83. The van der Waals surface area contributed by atoms with Gasteiger partial charge in [0.2, 0.25) is 5.82 Å². The second-order valence-electron chi connectivity index (χ2n) is 2.40. The maximum atomic E-state index is 5.18. The normalized spacial score (nSPS) is 9.54. The first-order valence-electron chi connectivity index (χ1n) is 3.83.